The Kier molecular flexibility index (Phi) is 4.32. The lowest BCUT2D eigenvalue weighted by molar-refractivity contribution is -0.142. The SMILES string of the molecule is Cc1ccc(C(c2csc3ccccc23)N2CCCC2C(=O)O)cc1. The minimum atomic E-state index is -0.714. The molecule has 2 aromatic carbocycles. The molecule has 1 aliphatic rings. The predicted molar refractivity (Wildman–Crippen MR) is 102 cm³/mol. The van der Waals surface area contributed by atoms with Gasteiger partial charge in [-0.1, -0.05) is 48.0 Å². The van der Waals surface area contributed by atoms with Crippen molar-refractivity contribution in [3.63, 3.8) is 0 Å². The van der Waals surface area contributed by atoms with Gasteiger partial charge in [-0.15, -0.1) is 11.3 Å². The molecule has 0 amide bonds. The number of thiophene rings is 1. The normalized spacial score (nSPS) is 19.3. The Morgan fingerprint density at radius 1 is 1.20 bits per heavy atom. The minimum Gasteiger partial charge on any atom is -0.480 e. The zero-order chi connectivity index (χ0) is 17.4. The number of likely N-dealkylation sites (tertiary alicyclic amines) is 1. The molecule has 0 radical (unpaired) electrons. The monoisotopic (exact) mass is 351 g/mol. The number of aliphatic carboxylic acids is 1. The van der Waals surface area contributed by atoms with Crippen LogP contribution in [0.5, 0.6) is 0 Å². The molecule has 4 heteroatoms. The Hall–Kier alpha value is -2.17. The van der Waals surface area contributed by atoms with Crippen molar-refractivity contribution in [2.24, 2.45) is 0 Å². The van der Waals surface area contributed by atoms with Gasteiger partial charge in [0.25, 0.3) is 0 Å². The average Bonchev–Trinajstić information content (AvgIpc) is 3.25. The maximum Gasteiger partial charge on any atom is 0.320 e. The van der Waals surface area contributed by atoms with Crippen molar-refractivity contribution in [3.8, 4) is 0 Å². The molecule has 2 heterocycles. The zero-order valence-corrected chi connectivity index (χ0v) is 15.0. The fourth-order valence-corrected chi connectivity index (χ4v) is 4.85. The van der Waals surface area contributed by atoms with E-state index in [9.17, 15) is 9.90 Å². The number of nitrogens with zero attached hydrogens (tertiary/aromatic N) is 1. The van der Waals surface area contributed by atoms with Crippen LogP contribution < -0.4 is 0 Å². The van der Waals surface area contributed by atoms with E-state index in [-0.39, 0.29) is 6.04 Å². The molecule has 0 spiro atoms. The standard InChI is InChI=1S/C21H21NO2S/c1-14-8-10-15(11-9-14)20(22-12-4-6-18(22)21(23)24)17-13-25-19-7-3-2-5-16(17)19/h2-3,5,7-11,13,18,20H,4,6,12H2,1H3,(H,23,24). The largest absolute Gasteiger partial charge is 0.480 e. The second-order valence-electron chi connectivity index (χ2n) is 6.73. The fraction of sp³-hybridized carbons (Fsp3) is 0.286. The first-order chi connectivity index (χ1) is 12.1. The molecule has 4 rings (SSSR count). The third kappa shape index (κ3) is 2.96. The van der Waals surface area contributed by atoms with E-state index >= 15 is 0 Å². The molecule has 3 nitrogen and oxygen atoms in total. The lowest BCUT2D eigenvalue weighted by Gasteiger charge is -2.31. The summed E-state index contributed by atoms with van der Waals surface area (Å²) in [4.78, 5) is 14.0. The average molecular weight is 351 g/mol. The molecule has 128 valence electrons. The second-order valence-corrected chi connectivity index (χ2v) is 7.65. The van der Waals surface area contributed by atoms with Crippen LogP contribution in [0, 0.1) is 6.92 Å². The number of carbonyl (C=O) groups is 1. The van der Waals surface area contributed by atoms with Crippen molar-refractivity contribution in [1.82, 2.24) is 4.90 Å². The van der Waals surface area contributed by atoms with Crippen LogP contribution in [0.3, 0.4) is 0 Å². The number of rotatable bonds is 4. The summed E-state index contributed by atoms with van der Waals surface area (Å²) in [7, 11) is 0. The minimum absolute atomic E-state index is 0.0136. The van der Waals surface area contributed by atoms with Crippen molar-refractivity contribution in [3.05, 3.63) is 70.6 Å². The first-order valence-electron chi connectivity index (χ1n) is 8.66. The fourth-order valence-electron chi connectivity index (χ4n) is 3.87. The number of carboxylic acid groups (broad SMARTS) is 1. The van der Waals surface area contributed by atoms with Gasteiger partial charge in [-0.3, -0.25) is 9.69 Å². The van der Waals surface area contributed by atoms with Gasteiger partial charge >= 0.3 is 5.97 Å². The lowest BCUT2D eigenvalue weighted by atomic mass is 9.95. The molecular weight excluding hydrogens is 330 g/mol. The summed E-state index contributed by atoms with van der Waals surface area (Å²) >= 11 is 1.73. The second kappa shape index (κ2) is 6.62. The summed E-state index contributed by atoms with van der Waals surface area (Å²) in [5.41, 5.74) is 3.61. The molecule has 1 aromatic heterocycles. The Balaban J connectivity index is 1.86. The molecule has 2 atom stereocenters. The molecule has 2 unspecified atom stereocenters. The molecule has 1 saturated heterocycles. The third-order valence-electron chi connectivity index (χ3n) is 5.11. The van der Waals surface area contributed by atoms with Gasteiger partial charge in [0.1, 0.15) is 6.04 Å². The smallest absolute Gasteiger partial charge is 0.320 e. The molecule has 0 aliphatic carbocycles. The summed E-state index contributed by atoms with van der Waals surface area (Å²) in [6.45, 7) is 2.90. The molecule has 1 fully saturated rings. The van der Waals surface area contributed by atoms with Gasteiger partial charge in [-0.25, -0.2) is 0 Å². The van der Waals surface area contributed by atoms with Crippen LogP contribution in [0.4, 0.5) is 0 Å². The van der Waals surface area contributed by atoms with Crippen LogP contribution in [-0.2, 0) is 4.79 Å². The molecule has 0 saturated carbocycles. The van der Waals surface area contributed by atoms with Crippen LogP contribution in [0.1, 0.15) is 35.6 Å². The van der Waals surface area contributed by atoms with Gasteiger partial charge in [0, 0.05) is 11.2 Å². The van der Waals surface area contributed by atoms with Crippen LogP contribution in [0.25, 0.3) is 10.1 Å². The predicted octanol–water partition coefficient (Wildman–Crippen LogP) is 4.85. The van der Waals surface area contributed by atoms with Crippen LogP contribution in [-0.4, -0.2) is 28.6 Å². The zero-order valence-electron chi connectivity index (χ0n) is 14.2. The number of carboxylic acids is 1. The summed E-state index contributed by atoms with van der Waals surface area (Å²) in [6, 6.07) is 16.5. The Bertz CT molecular complexity index is 900. The van der Waals surface area contributed by atoms with E-state index in [0.29, 0.717) is 0 Å². The van der Waals surface area contributed by atoms with E-state index < -0.39 is 12.0 Å². The van der Waals surface area contributed by atoms with Crippen molar-refractivity contribution < 1.29 is 9.90 Å². The van der Waals surface area contributed by atoms with Crippen molar-refractivity contribution >= 4 is 27.4 Å². The summed E-state index contributed by atoms with van der Waals surface area (Å²) in [6.07, 6.45) is 1.65. The van der Waals surface area contributed by atoms with E-state index in [1.165, 1.54) is 26.8 Å². The quantitative estimate of drug-likeness (QED) is 0.730. The van der Waals surface area contributed by atoms with Gasteiger partial charge in [-0.05, 0) is 47.7 Å². The molecular formula is C21H21NO2S. The Morgan fingerprint density at radius 3 is 2.72 bits per heavy atom. The van der Waals surface area contributed by atoms with E-state index in [1.54, 1.807) is 11.3 Å². The summed E-state index contributed by atoms with van der Waals surface area (Å²) < 4.78 is 1.25. The highest BCUT2D eigenvalue weighted by molar-refractivity contribution is 7.17. The Labute approximate surface area is 151 Å². The summed E-state index contributed by atoms with van der Waals surface area (Å²) in [5, 5.41) is 13.1. The highest BCUT2D eigenvalue weighted by Crippen LogP contribution is 2.40. The van der Waals surface area contributed by atoms with Gasteiger partial charge in [0.05, 0.1) is 6.04 Å². The van der Waals surface area contributed by atoms with Crippen LogP contribution in [0.2, 0.25) is 0 Å². The van der Waals surface area contributed by atoms with Crippen molar-refractivity contribution in [1.29, 1.82) is 0 Å². The number of aryl methyl sites for hydroxylation is 1. The number of hydrogen-bond donors (Lipinski definition) is 1. The molecule has 1 aliphatic heterocycles. The van der Waals surface area contributed by atoms with Crippen molar-refractivity contribution in [2.45, 2.75) is 31.8 Å². The highest BCUT2D eigenvalue weighted by atomic mass is 32.1. The molecule has 25 heavy (non-hydrogen) atoms. The Morgan fingerprint density at radius 2 is 1.96 bits per heavy atom. The van der Waals surface area contributed by atoms with E-state index in [0.717, 1.165) is 19.4 Å². The first-order valence-corrected chi connectivity index (χ1v) is 9.54. The van der Waals surface area contributed by atoms with Gasteiger partial charge < -0.3 is 5.11 Å². The molecule has 1 N–H and O–H groups in total. The topological polar surface area (TPSA) is 40.5 Å². The van der Waals surface area contributed by atoms with E-state index in [2.05, 4.69) is 65.7 Å². The molecule has 0 bridgehead atoms. The molecule has 3 aromatic rings. The van der Waals surface area contributed by atoms with Crippen molar-refractivity contribution in [2.75, 3.05) is 6.54 Å². The first kappa shape index (κ1) is 16.3. The maximum absolute atomic E-state index is 11.8. The number of hydrogen-bond acceptors (Lipinski definition) is 3. The van der Waals surface area contributed by atoms with Gasteiger partial charge in [0.2, 0.25) is 0 Å². The third-order valence-corrected chi connectivity index (χ3v) is 6.09. The number of benzene rings is 2. The lowest BCUT2D eigenvalue weighted by Crippen LogP contribution is -2.39. The van der Waals surface area contributed by atoms with Gasteiger partial charge in [0.15, 0.2) is 0 Å². The maximum atomic E-state index is 11.8. The van der Waals surface area contributed by atoms with E-state index in [1.807, 2.05) is 0 Å². The van der Waals surface area contributed by atoms with Crippen LogP contribution >= 0.6 is 11.3 Å². The summed E-state index contributed by atoms with van der Waals surface area (Å²) in [5.74, 6) is -0.714. The highest BCUT2D eigenvalue weighted by Gasteiger charge is 2.37. The van der Waals surface area contributed by atoms with Gasteiger partial charge in [-0.2, -0.15) is 0 Å². The van der Waals surface area contributed by atoms with E-state index in [4.69, 9.17) is 0 Å². The number of fused-ring (bicyclic) bond motifs is 1. The van der Waals surface area contributed by atoms with Crippen LogP contribution in [0.15, 0.2) is 53.9 Å².